The van der Waals surface area contributed by atoms with Crippen LogP contribution in [0.2, 0.25) is 0 Å². The van der Waals surface area contributed by atoms with E-state index >= 15 is 0 Å². The average Bonchev–Trinajstić information content (AvgIpc) is 2.81. The van der Waals surface area contributed by atoms with Crippen LogP contribution < -0.4 is 10.6 Å². The van der Waals surface area contributed by atoms with Crippen molar-refractivity contribution in [3.8, 4) is 0 Å². The first-order valence-corrected chi connectivity index (χ1v) is 6.61. The third-order valence-corrected chi connectivity index (χ3v) is 4.44. The zero-order valence-corrected chi connectivity index (χ0v) is 9.54. The Morgan fingerprint density at radius 2 is 2.07 bits per heavy atom. The molecule has 3 heteroatoms. The quantitative estimate of drug-likeness (QED) is 0.705. The van der Waals surface area contributed by atoms with Crippen LogP contribution in [0.25, 0.3) is 0 Å². The van der Waals surface area contributed by atoms with E-state index in [-0.39, 0.29) is 0 Å². The Kier molecular flexibility index (Phi) is 2.95. The summed E-state index contributed by atoms with van der Waals surface area (Å²) in [6, 6.07) is 1.54. The standard InChI is InChI=1S/C12H23N3/c1-2-11(13-5-1)8-14-12-9-15-6-3-10(12)4-7-15/h10-14H,1-9H2. The maximum absolute atomic E-state index is 3.79. The monoisotopic (exact) mass is 209 g/mol. The molecular weight excluding hydrogens is 186 g/mol. The molecule has 4 rings (SSSR count). The summed E-state index contributed by atoms with van der Waals surface area (Å²) in [5, 5.41) is 7.35. The Morgan fingerprint density at radius 3 is 2.67 bits per heavy atom. The minimum atomic E-state index is 0.750. The molecule has 2 bridgehead atoms. The van der Waals surface area contributed by atoms with Crippen LogP contribution in [0.1, 0.15) is 25.7 Å². The second-order valence-electron chi connectivity index (χ2n) is 5.45. The van der Waals surface area contributed by atoms with Gasteiger partial charge in [-0.3, -0.25) is 0 Å². The third-order valence-electron chi connectivity index (χ3n) is 4.44. The van der Waals surface area contributed by atoms with Crippen molar-refractivity contribution in [1.82, 2.24) is 15.5 Å². The van der Waals surface area contributed by atoms with Gasteiger partial charge in [-0.15, -0.1) is 0 Å². The minimum Gasteiger partial charge on any atom is -0.313 e. The van der Waals surface area contributed by atoms with Crippen LogP contribution in [0.4, 0.5) is 0 Å². The molecule has 0 radical (unpaired) electrons. The normalized spacial score (nSPS) is 44.8. The van der Waals surface area contributed by atoms with Gasteiger partial charge in [0.25, 0.3) is 0 Å². The van der Waals surface area contributed by atoms with Crippen molar-refractivity contribution in [2.45, 2.75) is 37.8 Å². The van der Waals surface area contributed by atoms with Crippen LogP contribution in [0, 0.1) is 5.92 Å². The molecule has 4 heterocycles. The molecule has 4 fully saturated rings. The Balaban J connectivity index is 1.46. The van der Waals surface area contributed by atoms with Crippen molar-refractivity contribution < 1.29 is 0 Å². The molecule has 0 aromatic carbocycles. The van der Waals surface area contributed by atoms with E-state index in [4.69, 9.17) is 0 Å². The molecule has 4 aliphatic rings. The summed E-state index contributed by atoms with van der Waals surface area (Å²) >= 11 is 0. The van der Waals surface area contributed by atoms with E-state index < -0.39 is 0 Å². The van der Waals surface area contributed by atoms with Gasteiger partial charge in [0.15, 0.2) is 0 Å². The highest BCUT2D eigenvalue weighted by atomic mass is 15.2. The van der Waals surface area contributed by atoms with E-state index in [1.807, 2.05) is 0 Å². The first kappa shape index (κ1) is 10.1. The largest absolute Gasteiger partial charge is 0.313 e. The summed E-state index contributed by atoms with van der Waals surface area (Å²) in [4.78, 5) is 2.62. The van der Waals surface area contributed by atoms with Crippen molar-refractivity contribution in [1.29, 1.82) is 0 Å². The molecule has 0 aliphatic carbocycles. The Bertz CT molecular complexity index is 205. The molecule has 2 atom stereocenters. The highest BCUT2D eigenvalue weighted by Gasteiger charge is 2.33. The van der Waals surface area contributed by atoms with Crippen LogP contribution in [0.3, 0.4) is 0 Å². The van der Waals surface area contributed by atoms with E-state index in [0.717, 1.165) is 18.0 Å². The summed E-state index contributed by atoms with van der Waals surface area (Å²) in [6.45, 7) is 6.42. The molecule has 0 saturated carbocycles. The second kappa shape index (κ2) is 4.40. The topological polar surface area (TPSA) is 27.3 Å². The van der Waals surface area contributed by atoms with Crippen LogP contribution in [-0.2, 0) is 0 Å². The van der Waals surface area contributed by atoms with E-state index in [0.29, 0.717) is 0 Å². The van der Waals surface area contributed by atoms with Gasteiger partial charge >= 0.3 is 0 Å². The smallest absolute Gasteiger partial charge is 0.0224 e. The summed E-state index contributed by atoms with van der Waals surface area (Å²) in [5.41, 5.74) is 0. The Hall–Kier alpha value is -0.120. The zero-order chi connectivity index (χ0) is 10.1. The number of hydrogen-bond acceptors (Lipinski definition) is 3. The number of fused-ring (bicyclic) bond motifs is 3. The molecule has 86 valence electrons. The van der Waals surface area contributed by atoms with Crippen molar-refractivity contribution in [3.63, 3.8) is 0 Å². The van der Waals surface area contributed by atoms with Crippen LogP contribution in [0.15, 0.2) is 0 Å². The molecule has 15 heavy (non-hydrogen) atoms. The molecule has 0 spiro atoms. The number of hydrogen-bond donors (Lipinski definition) is 2. The molecular formula is C12H23N3. The van der Waals surface area contributed by atoms with Gasteiger partial charge in [0.05, 0.1) is 0 Å². The molecule has 2 unspecified atom stereocenters. The van der Waals surface area contributed by atoms with E-state index in [2.05, 4.69) is 15.5 Å². The fourth-order valence-corrected chi connectivity index (χ4v) is 3.42. The lowest BCUT2D eigenvalue weighted by atomic mass is 9.84. The van der Waals surface area contributed by atoms with Gasteiger partial charge in [0.1, 0.15) is 0 Å². The highest BCUT2D eigenvalue weighted by Crippen LogP contribution is 2.27. The summed E-state index contributed by atoms with van der Waals surface area (Å²) < 4.78 is 0. The molecule has 0 aromatic heterocycles. The van der Waals surface area contributed by atoms with Gasteiger partial charge in [-0.25, -0.2) is 0 Å². The van der Waals surface area contributed by atoms with Gasteiger partial charge < -0.3 is 15.5 Å². The molecule has 4 aliphatic heterocycles. The summed E-state index contributed by atoms with van der Waals surface area (Å²) in [5.74, 6) is 0.969. The van der Waals surface area contributed by atoms with Gasteiger partial charge in [-0.05, 0) is 51.2 Å². The van der Waals surface area contributed by atoms with Gasteiger partial charge in [-0.1, -0.05) is 0 Å². The minimum absolute atomic E-state index is 0.750. The number of piperidine rings is 3. The summed E-state index contributed by atoms with van der Waals surface area (Å²) in [7, 11) is 0. The fourth-order valence-electron chi connectivity index (χ4n) is 3.42. The Labute approximate surface area is 92.6 Å². The zero-order valence-electron chi connectivity index (χ0n) is 9.54. The van der Waals surface area contributed by atoms with Crippen molar-refractivity contribution in [2.75, 3.05) is 32.7 Å². The first-order valence-electron chi connectivity index (χ1n) is 6.61. The molecule has 3 nitrogen and oxygen atoms in total. The number of nitrogens with one attached hydrogen (secondary N) is 2. The predicted molar refractivity (Wildman–Crippen MR) is 62.0 cm³/mol. The van der Waals surface area contributed by atoms with Gasteiger partial charge in [0, 0.05) is 25.2 Å². The molecule has 0 amide bonds. The average molecular weight is 209 g/mol. The molecule has 2 N–H and O–H groups in total. The molecule has 4 saturated heterocycles. The SMILES string of the molecule is C1CNC(CNC2CN3CCC2CC3)C1. The summed E-state index contributed by atoms with van der Waals surface area (Å²) in [6.07, 6.45) is 5.59. The van der Waals surface area contributed by atoms with Gasteiger partial charge in [0.2, 0.25) is 0 Å². The maximum atomic E-state index is 3.79. The first-order chi connectivity index (χ1) is 7.42. The van der Waals surface area contributed by atoms with Crippen LogP contribution in [-0.4, -0.2) is 49.7 Å². The fraction of sp³-hybridized carbons (Fsp3) is 1.00. The third kappa shape index (κ3) is 2.19. The number of nitrogens with zero attached hydrogens (tertiary/aromatic N) is 1. The van der Waals surface area contributed by atoms with Crippen molar-refractivity contribution in [3.05, 3.63) is 0 Å². The van der Waals surface area contributed by atoms with Crippen molar-refractivity contribution >= 4 is 0 Å². The highest BCUT2D eigenvalue weighted by molar-refractivity contribution is 4.92. The van der Waals surface area contributed by atoms with E-state index in [1.54, 1.807) is 0 Å². The van der Waals surface area contributed by atoms with Crippen LogP contribution in [0.5, 0.6) is 0 Å². The van der Waals surface area contributed by atoms with Crippen molar-refractivity contribution in [2.24, 2.45) is 5.92 Å². The maximum Gasteiger partial charge on any atom is 0.0224 e. The van der Waals surface area contributed by atoms with E-state index in [1.165, 1.54) is 58.4 Å². The predicted octanol–water partition coefficient (Wildman–Crippen LogP) is 0.422. The molecule has 0 aromatic rings. The van der Waals surface area contributed by atoms with E-state index in [9.17, 15) is 0 Å². The lowest BCUT2D eigenvalue weighted by Gasteiger charge is -2.45. The Morgan fingerprint density at radius 1 is 1.20 bits per heavy atom. The lowest BCUT2D eigenvalue weighted by Crippen LogP contribution is -2.57. The number of rotatable bonds is 3. The van der Waals surface area contributed by atoms with Crippen LogP contribution >= 0.6 is 0 Å². The van der Waals surface area contributed by atoms with Gasteiger partial charge in [-0.2, -0.15) is 0 Å². The lowest BCUT2D eigenvalue weighted by molar-refractivity contribution is 0.0719. The second-order valence-corrected chi connectivity index (χ2v) is 5.45.